The van der Waals surface area contributed by atoms with Crippen LogP contribution in [-0.4, -0.2) is 25.2 Å². The number of carbonyl (C=O) groups is 1. The maximum absolute atomic E-state index is 14.1. The molecule has 1 aromatic rings. The van der Waals surface area contributed by atoms with E-state index in [9.17, 15) is 9.18 Å². The third-order valence-corrected chi connectivity index (χ3v) is 4.21. The van der Waals surface area contributed by atoms with Gasteiger partial charge in [-0.15, -0.1) is 0 Å². The van der Waals surface area contributed by atoms with Crippen LogP contribution in [0, 0.1) is 11.7 Å². The van der Waals surface area contributed by atoms with Crippen LogP contribution < -0.4 is 10.1 Å². The van der Waals surface area contributed by atoms with E-state index in [4.69, 9.17) is 9.47 Å². The monoisotopic (exact) mass is 307 g/mol. The third-order valence-electron chi connectivity index (χ3n) is 4.21. The lowest BCUT2D eigenvalue weighted by Gasteiger charge is -2.18. The van der Waals surface area contributed by atoms with Gasteiger partial charge in [-0.3, -0.25) is 4.79 Å². The smallest absolute Gasteiger partial charge is 0.249 e. The Hall–Kier alpha value is -1.62. The Bertz CT molecular complexity index is 539. The number of halogens is 1. The summed E-state index contributed by atoms with van der Waals surface area (Å²) in [5, 5.41) is 2.87. The minimum atomic E-state index is -0.378. The van der Waals surface area contributed by atoms with Crippen molar-refractivity contribution in [2.24, 2.45) is 5.92 Å². The van der Waals surface area contributed by atoms with Crippen molar-refractivity contribution in [1.29, 1.82) is 0 Å². The van der Waals surface area contributed by atoms with Crippen molar-refractivity contribution in [1.82, 2.24) is 5.32 Å². The zero-order chi connectivity index (χ0) is 15.5. The molecule has 0 bridgehead atoms. The van der Waals surface area contributed by atoms with Gasteiger partial charge in [0.2, 0.25) is 5.91 Å². The van der Waals surface area contributed by atoms with Crippen LogP contribution >= 0.6 is 0 Å². The number of benzene rings is 1. The van der Waals surface area contributed by atoms with Gasteiger partial charge in [0, 0.05) is 6.61 Å². The summed E-state index contributed by atoms with van der Waals surface area (Å²) < 4.78 is 24.9. The molecule has 1 saturated heterocycles. The van der Waals surface area contributed by atoms with Crippen LogP contribution in [0.4, 0.5) is 4.39 Å². The van der Waals surface area contributed by atoms with Crippen molar-refractivity contribution < 1.29 is 18.7 Å². The van der Waals surface area contributed by atoms with Gasteiger partial charge in [0.25, 0.3) is 0 Å². The number of carbonyl (C=O) groups excluding carboxylic acids is 1. The normalized spacial score (nSPS) is 22.4. The molecule has 4 nitrogen and oxygen atoms in total. The molecular weight excluding hydrogens is 285 g/mol. The van der Waals surface area contributed by atoms with Crippen molar-refractivity contribution in [3.8, 4) is 5.75 Å². The van der Waals surface area contributed by atoms with Crippen LogP contribution in [0.25, 0.3) is 0 Å². The van der Waals surface area contributed by atoms with E-state index in [1.165, 1.54) is 18.9 Å². The van der Waals surface area contributed by atoms with Crippen molar-refractivity contribution in [2.75, 3.05) is 13.2 Å². The van der Waals surface area contributed by atoms with E-state index >= 15 is 0 Å². The highest BCUT2D eigenvalue weighted by atomic mass is 19.1. The molecule has 1 saturated carbocycles. The molecule has 0 spiro atoms. The van der Waals surface area contributed by atoms with Crippen LogP contribution in [-0.2, 0) is 9.53 Å². The number of rotatable bonds is 6. The standard InChI is InChI=1S/C17H22FNO3/c1-11(19-17(20)16-3-2-8-21-16)13-6-7-15(14(18)9-13)22-10-12-4-5-12/h6-7,9,11-12,16H,2-5,8,10H2,1H3,(H,19,20)/t11-,16+/m0/s1. The van der Waals surface area contributed by atoms with Crippen LogP contribution in [0.3, 0.4) is 0 Å². The molecular formula is C17H22FNO3. The number of ether oxygens (including phenoxy) is 2. The van der Waals surface area contributed by atoms with E-state index in [0.717, 1.165) is 18.4 Å². The Labute approximate surface area is 130 Å². The number of amides is 1. The molecule has 1 aliphatic heterocycles. The van der Waals surface area contributed by atoms with Gasteiger partial charge in [-0.2, -0.15) is 0 Å². The van der Waals surface area contributed by atoms with Crippen LogP contribution in [0.1, 0.15) is 44.2 Å². The highest BCUT2D eigenvalue weighted by Gasteiger charge is 2.25. The number of nitrogens with one attached hydrogen (secondary N) is 1. The minimum Gasteiger partial charge on any atom is -0.490 e. The molecule has 1 aromatic carbocycles. The van der Waals surface area contributed by atoms with Gasteiger partial charge in [0.1, 0.15) is 6.10 Å². The van der Waals surface area contributed by atoms with Gasteiger partial charge in [-0.25, -0.2) is 4.39 Å². The summed E-state index contributed by atoms with van der Waals surface area (Å²) in [6.45, 7) is 3.06. The lowest BCUT2D eigenvalue weighted by molar-refractivity contribution is -0.130. The third kappa shape index (κ3) is 3.77. The van der Waals surface area contributed by atoms with E-state index in [1.54, 1.807) is 12.1 Å². The Balaban J connectivity index is 1.57. The molecule has 5 heteroatoms. The van der Waals surface area contributed by atoms with Crippen molar-refractivity contribution >= 4 is 5.91 Å². The summed E-state index contributed by atoms with van der Waals surface area (Å²) >= 11 is 0. The first kappa shape index (κ1) is 15.3. The van der Waals surface area contributed by atoms with Crippen molar-refractivity contribution in [3.05, 3.63) is 29.6 Å². The summed E-state index contributed by atoms with van der Waals surface area (Å²) in [6.07, 6.45) is 3.64. The quantitative estimate of drug-likeness (QED) is 0.879. The average molecular weight is 307 g/mol. The summed E-state index contributed by atoms with van der Waals surface area (Å²) in [7, 11) is 0. The van der Waals surface area contributed by atoms with E-state index in [-0.39, 0.29) is 29.6 Å². The van der Waals surface area contributed by atoms with Crippen molar-refractivity contribution in [3.63, 3.8) is 0 Å². The molecule has 120 valence electrons. The second kappa shape index (κ2) is 6.65. The molecule has 0 radical (unpaired) electrons. The van der Waals surface area contributed by atoms with E-state index in [2.05, 4.69) is 5.32 Å². The van der Waals surface area contributed by atoms with E-state index < -0.39 is 0 Å². The van der Waals surface area contributed by atoms with Gasteiger partial charge in [0.15, 0.2) is 11.6 Å². The van der Waals surface area contributed by atoms with Gasteiger partial charge in [0.05, 0.1) is 12.6 Å². The van der Waals surface area contributed by atoms with Gasteiger partial charge < -0.3 is 14.8 Å². The van der Waals surface area contributed by atoms with E-state index in [0.29, 0.717) is 19.1 Å². The topological polar surface area (TPSA) is 47.6 Å². The molecule has 1 aliphatic carbocycles. The fraction of sp³-hybridized carbons (Fsp3) is 0.588. The SMILES string of the molecule is C[C@H](NC(=O)[C@H]1CCCO1)c1ccc(OCC2CC2)c(F)c1. The summed E-state index contributed by atoms with van der Waals surface area (Å²) in [4.78, 5) is 12.0. The lowest BCUT2D eigenvalue weighted by Crippen LogP contribution is -2.35. The molecule has 2 atom stereocenters. The van der Waals surface area contributed by atoms with Crippen LogP contribution in [0.15, 0.2) is 18.2 Å². The van der Waals surface area contributed by atoms with E-state index in [1.807, 2.05) is 6.92 Å². The Morgan fingerprint density at radius 2 is 2.27 bits per heavy atom. The maximum Gasteiger partial charge on any atom is 0.249 e. The molecule has 2 aliphatic rings. The maximum atomic E-state index is 14.1. The first-order chi connectivity index (χ1) is 10.6. The van der Waals surface area contributed by atoms with Crippen molar-refractivity contribution in [2.45, 2.75) is 44.8 Å². The van der Waals surface area contributed by atoms with Crippen LogP contribution in [0.5, 0.6) is 5.75 Å². The Kier molecular flexibility index (Phi) is 4.62. The van der Waals surface area contributed by atoms with Crippen LogP contribution in [0.2, 0.25) is 0 Å². The highest BCUT2D eigenvalue weighted by molar-refractivity contribution is 5.81. The second-order valence-corrected chi connectivity index (χ2v) is 6.18. The number of hydrogen-bond acceptors (Lipinski definition) is 3. The molecule has 1 amide bonds. The first-order valence-corrected chi connectivity index (χ1v) is 7.97. The summed E-state index contributed by atoms with van der Waals surface area (Å²) in [5.74, 6) is 0.368. The first-order valence-electron chi connectivity index (χ1n) is 7.97. The lowest BCUT2D eigenvalue weighted by atomic mass is 10.1. The van der Waals surface area contributed by atoms with Gasteiger partial charge >= 0.3 is 0 Å². The van der Waals surface area contributed by atoms with Gasteiger partial charge in [-0.1, -0.05) is 6.07 Å². The molecule has 1 N–H and O–H groups in total. The van der Waals surface area contributed by atoms with Gasteiger partial charge in [-0.05, 0) is 56.2 Å². The molecule has 0 aromatic heterocycles. The molecule has 0 unspecified atom stereocenters. The predicted octanol–water partition coefficient (Wildman–Crippen LogP) is 2.97. The molecule has 22 heavy (non-hydrogen) atoms. The zero-order valence-corrected chi connectivity index (χ0v) is 12.8. The minimum absolute atomic E-state index is 0.125. The molecule has 1 heterocycles. The average Bonchev–Trinajstić information content (AvgIpc) is 3.16. The highest BCUT2D eigenvalue weighted by Crippen LogP contribution is 2.30. The Morgan fingerprint density at radius 1 is 1.45 bits per heavy atom. The Morgan fingerprint density at radius 3 is 2.91 bits per heavy atom. The number of hydrogen-bond donors (Lipinski definition) is 1. The summed E-state index contributed by atoms with van der Waals surface area (Å²) in [5.41, 5.74) is 0.725. The fourth-order valence-electron chi connectivity index (χ4n) is 2.57. The predicted molar refractivity (Wildman–Crippen MR) is 80.2 cm³/mol. The molecule has 3 rings (SSSR count). The second-order valence-electron chi connectivity index (χ2n) is 6.18. The zero-order valence-electron chi connectivity index (χ0n) is 12.8. The fourth-order valence-corrected chi connectivity index (χ4v) is 2.57. The largest absolute Gasteiger partial charge is 0.490 e. The molecule has 2 fully saturated rings. The summed E-state index contributed by atoms with van der Waals surface area (Å²) in [6, 6.07) is 4.61.